The zero-order chi connectivity index (χ0) is 20.5. The van der Waals surface area contributed by atoms with Crippen LogP contribution in [0, 0.1) is 0 Å². The fourth-order valence-corrected chi connectivity index (χ4v) is 4.37. The van der Waals surface area contributed by atoms with Crippen molar-refractivity contribution in [3.8, 4) is 0 Å². The van der Waals surface area contributed by atoms with Gasteiger partial charge in [-0.15, -0.1) is 0 Å². The molecule has 6 nitrogen and oxygen atoms in total. The van der Waals surface area contributed by atoms with Crippen LogP contribution in [0.2, 0.25) is 5.02 Å². The molecular weight excluding hydrogens is 390 g/mol. The number of halogens is 1. The number of aliphatic hydroxyl groups excluding tert-OH is 1. The molecular formula is C22H24ClN3O3. The molecule has 0 bridgehead atoms. The standard InChI is InChI=1S/C22H24ClN3O3/c1-14-13-25(16-5-3-2-4-6-16)9-10-26(14)20(27)12-18-17-11-15(23)7-8-19(17)24-21(18)22(28)29/h2-8,11,14,20,24,27H,9-10,12-13H2,1H3,(H,28,29)/t14-,20-/m1/s1. The lowest BCUT2D eigenvalue weighted by Gasteiger charge is -2.43. The summed E-state index contributed by atoms with van der Waals surface area (Å²) in [4.78, 5) is 19.0. The number of nitrogens with one attached hydrogen (secondary N) is 1. The predicted octanol–water partition coefficient (Wildman–Crippen LogP) is 3.59. The first-order valence-electron chi connectivity index (χ1n) is 9.71. The molecule has 0 saturated carbocycles. The van der Waals surface area contributed by atoms with Crippen LogP contribution >= 0.6 is 11.6 Å². The Kier molecular flexibility index (Phi) is 5.50. The van der Waals surface area contributed by atoms with Crippen LogP contribution in [0.25, 0.3) is 10.9 Å². The van der Waals surface area contributed by atoms with Crippen LogP contribution in [-0.2, 0) is 6.42 Å². The minimum atomic E-state index is -1.04. The van der Waals surface area contributed by atoms with Crippen LogP contribution in [-0.4, -0.2) is 58.0 Å². The molecule has 152 valence electrons. The lowest BCUT2D eigenvalue weighted by Crippen LogP contribution is -2.56. The minimum Gasteiger partial charge on any atom is -0.477 e. The molecule has 1 aliphatic rings. The summed E-state index contributed by atoms with van der Waals surface area (Å²) in [5.74, 6) is -1.04. The van der Waals surface area contributed by atoms with E-state index in [0.717, 1.165) is 18.5 Å². The number of aromatic nitrogens is 1. The average Bonchev–Trinajstić information content (AvgIpc) is 3.06. The van der Waals surface area contributed by atoms with Gasteiger partial charge in [-0.2, -0.15) is 0 Å². The molecule has 0 unspecified atom stereocenters. The summed E-state index contributed by atoms with van der Waals surface area (Å²) in [5.41, 5.74) is 2.57. The first-order chi connectivity index (χ1) is 13.9. The zero-order valence-electron chi connectivity index (χ0n) is 16.2. The van der Waals surface area contributed by atoms with E-state index in [1.807, 2.05) is 23.1 Å². The molecule has 1 aliphatic heterocycles. The van der Waals surface area contributed by atoms with Gasteiger partial charge in [0.25, 0.3) is 0 Å². The highest BCUT2D eigenvalue weighted by Gasteiger charge is 2.30. The number of nitrogens with zero attached hydrogens (tertiary/aromatic N) is 2. The van der Waals surface area contributed by atoms with Crippen molar-refractivity contribution < 1.29 is 15.0 Å². The molecule has 7 heteroatoms. The summed E-state index contributed by atoms with van der Waals surface area (Å²) in [6, 6.07) is 15.6. The van der Waals surface area contributed by atoms with Gasteiger partial charge in [0.15, 0.2) is 0 Å². The van der Waals surface area contributed by atoms with Crippen molar-refractivity contribution in [2.24, 2.45) is 0 Å². The van der Waals surface area contributed by atoms with Crippen LogP contribution in [0.3, 0.4) is 0 Å². The number of aliphatic hydroxyl groups is 1. The van der Waals surface area contributed by atoms with Crippen molar-refractivity contribution in [3.05, 3.63) is 64.8 Å². The first-order valence-corrected chi connectivity index (χ1v) is 10.1. The Bertz CT molecular complexity index is 1020. The number of para-hydroxylation sites is 1. The van der Waals surface area contributed by atoms with Crippen LogP contribution in [0.1, 0.15) is 23.0 Å². The number of aromatic amines is 1. The Hall–Kier alpha value is -2.54. The van der Waals surface area contributed by atoms with E-state index in [4.69, 9.17) is 11.6 Å². The largest absolute Gasteiger partial charge is 0.477 e. The second-order valence-electron chi connectivity index (χ2n) is 7.53. The predicted molar refractivity (Wildman–Crippen MR) is 115 cm³/mol. The number of carboxylic acids is 1. The van der Waals surface area contributed by atoms with Gasteiger partial charge in [0.05, 0.1) is 0 Å². The van der Waals surface area contributed by atoms with E-state index in [1.165, 1.54) is 5.69 Å². The maximum absolute atomic E-state index is 11.7. The average molecular weight is 414 g/mol. The fraction of sp³-hybridized carbons (Fsp3) is 0.318. The summed E-state index contributed by atoms with van der Waals surface area (Å²) < 4.78 is 0. The van der Waals surface area contributed by atoms with Gasteiger partial charge in [-0.25, -0.2) is 4.79 Å². The van der Waals surface area contributed by atoms with Crippen LogP contribution in [0.4, 0.5) is 5.69 Å². The Morgan fingerprint density at radius 1 is 1.24 bits per heavy atom. The van der Waals surface area contributed by atoms with E-state index in [-0.39, 0.29) is 18.2 Å². The highest BCUT2D eigenvalue weighted by molar-refractivity contribution is 6.31. The number of fused-ring (bicyclic) bond motifs is 1. The molecule has 1 aromatic heterocycles. The maximum Gasteiger partial charge on any atom is 0.352 e. The van der Waals surface area contributed by atoms with E-state index in [2.05, 4.69) is 28.9 Å². The SMILES string of the molecule is C[C@@H]1CN(c2ccccc2)CCN1[C@H](O)Cc1c(C(=O)O)[nH]c2ccc(Cl)cc12. The number of carbonyl (C=O) groups is 1. The minimum absolute atomic E-state index is 0.108. The Balaban J connectivity index is 1.54. The highest BCUT2D eigenvalue weighted by Crippen LogP contribution is 2.28. The fourth-order valence-electron chi connectivity index (χ4n) is 4.20. The molecule has 3 aromatic rings. The number of anilines is 1. The van der Waals surface area contributed by atoms with Crippen LogP contribution in [0.5, 0.6) is 0 Å². The number of aromatic carboxylic acids is 1. The summed E-state index contributed by atoms with van der Waals surface area (Å²) >= 11 is 6.12. The summed E-state index contributed by atoms with van der Waals surface area (Å²) in [6.45, 7) is 4.38. The first kappa shape index (κ1) is 19.8. The molecule has 2 heterocycles. The quantitative estimate of drug-likeness (QED) is 0.595. The smallest absolute Gasteiger partial charge is 0.352 e. The Morgan fingerprint density at radius 2 is 2.00 bits per heavy atom. The number of carboxylic acid groups (broad SMARTS) is 1. The Labute approximate surface area is 174 Å². The lowest BCUT2D eigenvalue weighted by atomic mass is 10.0. The van der Waals surface area contributed by atoms with Gasteiger partial charge < -0.3 is 20.1 Å². The molecule has 3 N–H and O–H groups in total. The third kappa shape index (κ3) is 3.96. The van der Waals surface area contributed by atoms with Gasteiger partial charge in [-0.05, 0) is 42.8 Å². The van der Waals surface area contributed by atoms with Crippen molar-refractivity contribution in [1.82, 2.24) is 9.88 Å². The number of benzene rings is 2. The van der Waals surface area contributed by atoms with Gasteiger partial charge >= 0.3 is 5.97 Å². The summed E-state index contributed by atoms with van der Waals surface area (Å²) in [7, 11) is 0. The second-order valence-corrected chi connectivity index (χ2v) is 7.96. The zero-order valence-corrected chi connectivity index (χ0v) is 16.9. The number of H-pyrrole nitrogens is 1. The number of rotatable bonds is 5. The topological polar surface area (TPSA) is 79.8 Å². The molecule has 4 rings (SSSR count). The molecule has 1 saturated heterocycles. The van der Waals surface area contributed by atoms with E-state index >= 15 is 0 Å². The van der Waals surface area contributed by atoms with E-state index in [1.54, 1.807) is 18.2 Å². The van der Waals surface area contributed by atoms with Crippen LogP contribution in [0.15, 0.2) is 48.5 Å². The van der Waals surface area contributed by atoms with Gasteiger partial charge in [-0.3, -0.25) is 4.90 Å². The second kappa shape index (κ2) is 8.06. The van der Waals surface area contributed by atoms with E-state index < -0.39 is 12.2 Å². The molecule has 0 spiro atoms. The van der Waals surface area contributed by atoms with Crippen molar-refractivity contribution in [3.63, 3.8) is 0 Å². The number of hydrogen-bond donors (Lipinski definition) is 3. The molecule has 0 amide bonds. The molecule has 2 atom stereocenters. The van der Waals surface area contributed by atoms with Crippen molar-refractivity contribution >= 4 is 34.2 Å². The van der Waals surface area contributed by atoms with Crippen molar-refractivity contribution in [1.29, 1.82) is 0 Å². The molecule has 0 aliphatic carbocycles. The molecule has 0 radical (unpaired) electrons. The van der Waals surface area contributed by atoms with Gasteiger partial charge in [0, 0.05) is 53.7 Å². The molecule has 1 fully saturated rings. The molecule has 29 heavy (non-hydrogen) atoms. The summed E-state index contributed by atoms with van der Waals surface area (Å²) in [6.07, 6.45) is -0.559. The van der Waals surface area contributed by atoms with Gasteiger partial charge in [0.2, 0.25) is 0 Å². The Morgan fingerprint density at radius 3 is 2.69 bits per heavy atom. The number of piperazine rings is 1. The summed E-state index contributed by atoms with van der Waals surface area (Å²) in [5, 5.41) is 21.9. The normalized spacial score (nSPS) is 18.9. The third-order valence-electron chi connectivity index (χ3n) is 5.65. The molecule has 2 aromatic carbocycles. The van der Waals surface area contributed by atoms with Crippen molar-refractivity contribution in [2.45, 2.75) is 25.6 Å². The van der Waals surface area contributed by atoms with Crippen LogP contribution < -0.4 is 4.90 Å². The maximum atomic E-state index is 11.7. The third-order valence-corrected chi connectivity index (χ3v) is 5.89. The highest BCUT2D eigenvalue weighted by atomic mass is 35.5. The lowest BCUT2D eigenvalue weighted by molar-refractivity contribution is -0.0246. The number of hydrogen-bond acceptors (Lipinski definition) is 4. The van der Waals surface area contributed by atoms with Crippen molar-refractivity contribution in [2.75, 3.05) is 24.5 Å². The van der Waals surface area contributed by atoms with Gasteiger partial charge in [-0.1, -0.05) is 29.8 Å². The van der Waals surface area contributed by atoms with E-state index in [0.29, 0.717) is 22.6 Å². The monoisotopic (exact) mass is 413 g/mol. The van der Waals surface area contributed by atoms with E-state index in [9.17, 15) is 15.0 Å². The van der Waals surface area contributed by atoms with Gasteiger partial charge in [0.1, 0.15) is 11.9 Å².